The minimum absolute atomic E-state index is 0.361. The van der Waals surface area contributed by atoms with E-state index in [9.17, 15) is 5.11 Å². The predicted molar refractivity (Wildman–Crippen MR) is 61.1 cm³/mol. The van der Waals surface area contributed by atoms with Gasteiger partial charge in [0.05, 0.1) is 19.8 Å². The average molecular weight is 219 g/mol. The maximum atomic E-state index is 9.45. The molecule has 0 saturated carbocycles. The average Bonchev–Trinajstić information content (AvgIpc) is 2.19. The summed E-state index contributed by atoms with van der Waals surface area (Å²) in [6, 6.07) is 0. The van der Waals surface area contributed by atoms with Gasteiger partial charge in [0.1, 0.15) is 6.10 Å². The lowest BCUT2D eigenvalue weighted by molar-refractivity contribution is -0.0212. The molecule has 0 fully saturated rings. The molecule has 0 aliphatic carbocycles. The Labute approximate surface area is 93.2 Å². The third-order valence-electron chi connectivity index (χ3n) is 1.95. The standard InChI is InChI=1S/C11H25NO3/c1-4-5-7-14-9-11(13)10-15-8-6-12(2)3/h11,13H,4-10H2,1-3H3. The second-order valence-electron chi connectivity index (χ2n) is 3.96. The van der Waals surface area contributed by atoms with Gasteiger partial charge >= 0.3 is 0 Å². The lowest BCUT2D eigenvalue weighted by atomic mass is 10.3. The van der Waals surface area contributed by atoms with Gasteiger partial charge in [0.15, 0.2) is 0 Å². The molecule has 0 bridgehead atoms. The van der Waals surface area contributed by atoms with Crippen molar-refractivity contribution in [1.29, 1.82) is 0 Å². The van der Waals surface area contributed by atoms with E-state index >= 15 is 0 Å². The van der Waals surface area contributed by atoms with Crippen LogP contribution in [0.5, 0.6) is 0 Å². The Morgan fingerprint density at radius 2 is 1.73 bits per heavy atom. The van der Waals surface area contributed by atoms with E-state index < -0.39 is 6.10 Å². The second-order valence-corrected chi connectivity index (χ2v) is 3.96. The van der Waals surface area contributed by atoms with Gasteiger partial charge in [-0.05, 0) is 20.5 Å². The summed E-state index contributed by atoms with van der Waals surface area (Å²) in [7, 11) is 3.99. The Balaban J connectivity index is 3.15. The van der Waals surface area contributed by atoms with E-state index in [1.54, 1.807) is 0 Å². The number of aliphatic hydroxyl groups is 1. The predicted octanol–water partition coefficient (Wildman–Crippen LogP) is 0.742. The van der Waals surface area contributed by atoms with Crippen molar-refractivity contribution in [2.75, 3.05) is 47.1 Å². The normalized spacial score (nSPS) is 13.4. The van der Waals surface area contributed by atoms with Crippen molar-refractivity contribution in [3.63, 3.8) is 0 Å². The lowest BCUT2D eigenvalue weighted by Gasteiger charge is -2.13. The van der Waals surface area contributed by atoms with Crippen LogP contribution in [0.1, 0.15) is 19.8 Å². The zero-order valence-electron chi connectivity index (χ0n) is 10.2. The largest absolute Gasteiger partial charge is 0.388 e. The Hall–Kier alpha value is -0.160. The molecule has 4 nitrogen and oxygen atoms in total. The molecular weight excluding hydrogens is 194 g/mol. The smallest absolute Gasteiger partial charge is 0.101 e. The van der Waals surface area contributed by atoms with Crippen LogP contribution >= 0.6 is 0 Å². The molecule has 0 saturated heterocycles. The third kappa shape index (κ3) is 11.8. The Morgan fingerprint density at radius 1 is 1.13 bits per heavy atom. The molecule has 0 aromatic heterocycles. The topological polar surface area (TPSA) is 41.9 Å². The molecule has 0 aliphatic heterocycles. The minimum Gasteiger partial charge on any atom is -0.388 e. The first-order chi connectivity index (χ1) is 7.16. The highest BCUT2D eigenvalue weighted by atomic mass is 16.5. The first-order valence-corrected chi connectivity index (χ1v) is 5.65. The van der Waals surface area contributed by atoms with Crippen LogP contribution < -0.4 is 0 Å². The third-order valence-corrected chi connectivity index (χ3v) is 1.95. The van der Waals surface area contributed by atoms with Crippen LogP contribution in [-0.4, -0.2) is 63.2 Å². The van der Waals surface area contributed by atoms with Crippen LogP contribution in [-0.2, 0) is 9.47 Å². The van der Waals surface area contributed by atoms with Crippen LogP contribution in [0.2, 0.25) is 0 Å². The lowest BCUT2D eigenvalue weighted by Crippen LogP contribution is -2.25. The molecule has 0 aromatic carbocycles. The molecule has 15 heavy (non-hydrogen) atoms. The monoisotopic (exact) mass is 219 g/mol. The Bertz CT molecular complexity index is 131. The van der Waals surface area contributed by atoms with Crippen molar-refractivity contribution in [2.45, 2.75) is 25.9 Å². The second kappa shape index (κ2) is 10.4. The molecule has 4 heteroatoms. The number of hydrogen-bond donors (Lipinski definition) is 1. The molecule has 0 aliphatic rings. The van der Waals surface area contributed by atoms with Gasteiger partial charge in [-0.2, -0.15) is 0 Å². The molecule has 0 amide bonds. The summed E-state index contributed by atoms with van der Waals surface area (Å²) < 4.78 is 10.6. The van der Waals surface area contributed by atoms with Crippen LogP contribution in [0, 0.1) is 0 Å². The molecule has 0 spiro atoms. The summed E-state index contributed by atoms with van der Waals surface area (Å²) in [6.45, 7) is 5.11. The number of likely N-dealkylation sites (N-methyl/N-ethyl adjacent to an activating group) is 1. The summed E-state index contributed by atoms with van der Waals surface area (Å²) >= 11 is 0. The van der Waals surface area contributed by atoms with E-state index in [0.717, 1.165) is 26.0 Å². The van der Waals surface area contributed by atoms with Crippen LogP contribution in [0.4, 0.5) is 0 Å². The summed E-state index contributed by atoms with van der Waals surface area (Å²) in [5.74, 6) is 0. The van der Waals surface area contributed by atoms with Crippen molar-refractivity contribution in [2.24, 2.45) is 0 Å². The van der Waals surface area contributed by atoms with Crippen molar-refractivity contribution in [1.82, 2.24) is 4.90 Å². The van der Waals surface area contributed by atoms with E-state index in [4.69, 9.17) is 9.47 Å². The molecule has 0 rings (SSSR count). The van der Waals surface area contributed by atoms with Gasteiger partial charge in [-0.3, -0.25) is 0 Å². The van der Waals surface area contributed by atoms with E-state index in [2.05, 4.69) is 6.92 Å². The Morgan fingerprint density at radius 3 is 2.27 bits per heavy atom. The van der Waals surface area contributed by atoms with Gasteiger partial charge in [-0.15, -0.1) is 0 Å². The number of aliphatic hydroxyl groups excluding tert-OH is 1. The molecule has 1 N–H and O–H groups in total. The highest BCUT2D eigenvalue weighted by Gasteiger charge is 2.03. The Kier molecular flexibility index (Phi) is 10.3. The van der Waals surface area contributed by atoms with Crippen LogP contribution in [0.3, 0.4) is 0 Å². The SMILES string of the molecule is CCCCOCC(O)COCCN(C)C. The first kappa shape index (κ1) is 14.8. The number of nitrogens with zero attached hydrogens (tertiary/aromatic N) is 1. The van der Waals surface area contributed by atoms with Crippen LogP contribution in [0.15, 0.2) is 0 Å². The zero-order valence-corrected chi connectivity index (χ0v) is 10.2. The highest BCUT2D eigenvalue weighted by molar-refractivity contribution is 4.52. The quantitative estimate of drug-likeness (QED) is 0.550. The fraction of sp³-hybridized carbons (Fsp3) is 1.00. The summed E-state index contributed by atoms with van der Waals surface area (Å²) in [6.07, 6.45) is 1.67. The van der Waals surface area contributed by atoms with E-state index in [-0.39, 0.29) is 0 Å². The fourth-order valence-corrected chi connectivity index (χ4v) is 0.980. The summed E-state index contributed by atoms with van der Waals surface area (Å²) in [5, 5.41) is 9.45. The first-order valence-electron chi connectivity index (χ1n) is 5.65. The highest BCUT2D eigenvalue weighted by Crippen LogP contribution is 1.92. The maximum Gasteiger partial charge on any atom is 0.101 e. The van der Waals surface area contributed by atoms with Crippen molar-refractivity contribution in [3.8, 4) is 0 Å². The molecular formula is C11H25NO3. The van der Waals surface area contributed by atoms with Crippen molar-refractivity contribution >= 4 is 0 Å². The number of ether oxygens (including phenoxy) is 2. The maximum absolute atomic E-state index is 9.45. The number of rotatable bonds is 10. The number of hydrogen-bond acceptors (Lipinski definition) is 4. The number of unbranched alkanes of at least 4 members (excludes halogenated alkanes) is 1. The van der Waals surface area contributed by atoms with Gasteiger partial charge in [0.25, 0.3) is 0 Å². The van der Waals surface area contributed by atoms with Crippen LogP contribution in [0.25, 0.3) is 0 Å². The van der Waals surface area contributed by atoms with Gasteiger partial charge in [-0.1, -0.05) is 13.3 Å². The van der Waals surface area contributed by atoms with Gasteiger partial charge in [-0.25, -0.2) is 0 Å². The minimum atomic E-state index is -0.496. The van der Waals surface area contributed by atoms with Gasteiger partial charge in [0, 0.05) is 13.2 Å². The molecule has 0 aromatic rings. The van der Waals surface area contributed by atoms with Gasteiger partial charge in [0.2, 0.25) is 0 Å². The molecule has 92 valence electrons. The van der Waals surface area contributed by atoms with E-state index in [1.165, 1.54) is 0 Å². The van der Waals surface area contributed by atoms with Crippen molar-refractivity contribution in [3.05, 3.63) is 0 Å². The van der Waals surface area contributed by atoms with E-state index in [1.807, 2.05) is 19.0 Å². The van der Waals surface area contributed by atoms with E-state index in [0.29, 0.717) is 19.8 Å². The molecule has 0 radical (unpaired) electrons. The fourth-order valence-electron chi connectivity index (χ4n) is 0.980. The van der Waals surface area contributed by atoms with Crippen molar-refractivity contribution < 1.29 is 14.6 Å². The zero-order chi connectivity index (χ0) is 11.5. The summed E-state index contributed by atoms with van der Waals surface area (Å²) in [4.78, 5) is 2.05. The van der Waals surface area contributed by atoms with Gasteiger partial charge < -0.3 is 19.5 Å². The molecule has 0 heterocycles. The summed E-state index contributed by atoms with van der Waals surface area (Å²) in [5.41, 5.74) is 0. The molecule has 1 atom stereocenters. The molecule has 1 unspecified atom stereocenters.